The predicted octanol–water partition coefficient (Wildman–Crippen LogP) is 2.79. The minimum Gasteiger partial charge on any atom is -0.263 e. The molecular weight excluding hydrogens is 235 g/mol. The van der Waals surface area contributed by atoms with Crippen LogP contribution in [-0.2, 0) is 7.05 Å². The Balaban J connectivity index is 2.87. The van der Waals surface area contributed by atoms with Gasteiger partial charge in [0, 0.05) is 7.05 Å². The fraction of sp³-hybridized carbons (Fsp3) is 0.444. The third-order valence-corrected chi connectivity index (χ3v) is 2.62. The van der Waals surface area contributed by atoms with Crippen LogP contribution in [0.25, 0.3) is 11.0 Å². The van der Waals surface area contributed by atoms with E-state index in [0.29, 0.717) is 5.15 Å². The summed E-state index contributed by atoms with van der Waals surface area (Å²) in [6.45, 7) is 4.09. The lowest BCUT2D eigenvalue weighted by molar-refractivity contribution is 0.728. The van der Waals surface area contributed by atoms with E-state index in [1.165, 1.54) is 0 Å². The van der Waals surface area contributed by atoms with Crippen molar-refractivity contribution < 1.29 is 0 Å². The van der Waals surface area contributed by atoms with Gasteiger partial charge in [0.25, 0.3) is 0 Å². The van der Waals surface area contributed by atoms with Crippen molar-refractivity contribution in [1.82, 2.24) is 19.7 Å². The van der Waals surface area contributed by atoms with Crippen molar-refractivity contribution in [2.24, 2.45) is 7.05 Å². The van der Waals surface area contributed by atoms with Gasteiger partial charge >= 0.3 is 0 Å². The maximum absolute atomic E-state index is 5.99. The average molecular weight is 245 g/mol. The highest BCUT2D eigenvalue weighted by Gasteiger charge is 2.17. The second kappa shape index (κ2) is 3.61. The van der Waals surface area contributed by atoms with Crippen molar-refractivity contribution >= 4 is 34.2 Å². The molecule has 0 aliphatic carbocycles. The van der Waals surface area contributed by atoms with Crippen LogP contribution in [-0.4, -0.2) is 19.7 Å². The standard InChI is InChI=1S/C9H10Cl2N4/c1-4(2)5-6-7(15(3)14-5)8(10)13-9(11)12-6/h4H,1-3H3. The van der Waals surface area contributed by atoms with Crippen molar-refractivity contribution in [3.8, 4) is 0 Å². The predicted molar refractivity (Wildman–Crippen MR) is 60.4 cm³/mol. The first-order valence-corrected chi connectivity index (χ1v) is 5.32. The zero-order valence-corrected chi connectivity index (χ0v) is 10.1. The molecule has 2 aromatic heterocycles. The second-order valence-corrected chi connectivity index (χ2v) is 4.34. The fourth-order valence-electron chi connectivity index (χ4n) is 1.52. The lowest BCUT2D eigenvalue weighted by Gasteiger charge is -1.99. The quantitative estimate of drug-likeness (QED) is 0.573. The second-order valence-electron chi connectivity index (χ2n) is 3.64. The van der Waals surface area contributed by atoms with E-state index in [4.69, 9.17) is 23.2 Å². The van der Waals surface area contributed by atoms with Gasteiger partial charge in [0.05, 0.1) is 5.69 Å². The van der Waals surface area contributed by atoms with Crippen molar-refractivity contribution in [3.63, 3.8) is 0 Å². The molecule has 0 fully saturated rings. The molecule has 15 heavy (non-hydrogen) atoms. The van der Waals surface area contributed by atoms with Crippen molar-refractivity contribution in [2.75, 3.05) is 0 Å². The molecule has 0 aromatic carbocycles. The molecule has 0 saturated heterocycles. The molecule has 2 aromatic rings. The van der Waals surface area contributed by atoms with Crippen LogP contribution in [0.1, 0.15) is 25.5 Å². The first-order chi connectivity index (χ1) is 7.00. The SMILES string of the molecule is CC(C)c1nn(C)c2c(Cl)nc(Cl)nc12. The van der Waals surface area contributed by atoms with E-state index in [2.05, 4.69) is 15.1 Å². The molecule has 0 unspecified atom stereocenters. The molecule has 0 bridgehead atoms. The van der Waals surface area contributed by atoms with Gasteiger partial charge in [0.15, 0.2) is 5.15 Å². The Bertz CT molecular complexity index is 518. The topological polar surface area (TPSA) is 43.6 Å². The van der Waals surface area contributed by atoms with Crippen LogP contribution in [0.4, 0.5) is 0 Å². The van der Waals surface area contributed by atoms with Crippen LogP contribution >= 0.6 is 23.2 Å². The molecule has 0 aliphatic rings. The molecule has 6 heteroatoms. The van der Waals surface area contributed by atoms with E-state index < -0.39 is 0 Å². The monoisotopic (exact) mass is 244 g/mol. The fourth-order valence-corrected chi connectivity index (χ4v) is 2.02. The van der Waals surface area contributed by atoms with E-state index in [1.54, 1.807) is 4.68 Å². The van der Waals surface area contributed by atoms with Gasteiger partial charge in [-0.25, -0.2) is 9.97 Å². The van der Waals surface area contributed by atoms with Crippen LogP contribution in [0.15, 0.2) is 0 Å². The van der Waals surface area contributed by atoms with Gasteiger partial charge < -0.3 is 0 Å². The van der Waals surface area contributed by atoms with E-state index in [-0.39, 0.29) is 11.2 Å². The first-order valence-electron chi connectivity index (χ1n) is 4.56. The maximum atomic E-state index is 5.99. The summed E-state index contributed by atoms with van der Waals surface area (Å²) in [4.78, 5) is 8.06. The normalized spacial score (nSPS) is 11.6. The number of aryl methyl sites for hydroxylation is 1. The molecule has 2 heterocycles. The zero-order chi connectivity index (χ0) is 11.2. The van der Waals surface area contributed by atoms with Gasteiger partial charge in [-0.1, -0.05) is 25.4 Å². The molecule has 4 nitrogen and oxygen atoms in total. The van der Waals surface area contributed by atoms with Crippen LogP contribution in [0.5, 0.6) is 0 Å². The first kappa shape index (κ1) is 10.6. The molecule has 2 rings (SSSR count). The van der Waals surface area contributed by atoms with Gasteiger partial charge in [0.2, 0.25) is 5.28 Å². The number of hydrogen-bond donors (Lipinski definition) is 0. The van der Waals surface area contributed by atoms with E-state index >= 15 is 0 Å². The van der Waals surface area contributed by atoms with Crippen LogP contribution in [0.2, 0.25) is 10.4 Å². The Morgan fingerprint density at radius 3 is 2.47 bits per heavy atom. The summed E-state index contributed by atoms with van der Waals surface area (Å²) in [7, 11) is 1.82. The highest BCUT2D eigenvalue weighted by Crippen LogP contribution is 2.27. The summed E-state index contributed by atoms with van der Waals surface area (Å²) < 4.78 is 1.68. The summed E-state index contributed by atoms with van der Waals surface area (Å²) in [5.74, 6) is 0.274. The number of hydrogen-bond acceptors (Lipinski definition) is 3. The van der Waals surface area contributed by atoms with Crippen molar-refractivity contribution in [1.29, 1.82) is 0 Å². The van der Waals surface area contributed by atoms with Gasteiger partial charge in [-0.2, -0.15) is 5.10 Å². The van der Waals surface area contributed by atoms with E-state index in [1.807, 2.05) is 20.9 Å². The minimum absolute atomic E-state index is 0.155. The molecular formula is C9H10Cl2N4. The smallest absolute Gasteiger partial charge is 0.224 e. The van der Waals surface area contributed by atoms with Crippen LogP contribution in [0.3, 0.4) is 0 Å². The van der Waals surface area contributed by atoms with Gasteiger partial charge in [-0.3, -0.25) is 4.68 Å². The Morgan fingerprint density at radius 2 is 1.87 bits per heavy atom. The molecule has 0 radical (unpaired) electrons. The third-order valence-electron chi connectivity index (χ3n) is 2.19. The summed E-state index contributed by atoms with van der Waals surface area (Å²) in [6.07, 6.45) is 0. The number of halogens is 2. The Kier molecular flexibility index (Phi) is 2.56. The summed E-state index contributed by atoms with van der Waals surface area (Å²) in [5.41, 5.74) is 2.35. The van der Waals surface area contributed by atoms with Crippen LogP contribution in [0, 0.1) is 0 Å². The molecule has 0 saturated carbocycles. The zero-order valence-electron chi connectivity index (χ0n) is 8.62. The number of fused-ring (bicyclic) bond motifs is 1. The van der Waals surface area contributed by atoms with Crippen molar-refractivity contribution in [3.05, 3.63) is 16.1 Å². The van der Waals surface area contributed by atoms with Gasteiger partial charge in [-0.15, -0.1) is 0 Å². The summed E-state index contributed by atoms with van der Waals surface area (Å²) in [5, 5.41) is 4.86. The number of nitrogens with zero attached hydrogens (tertiary/aromatic N) is 4. The number of aromatic nitrogens is 4. The highest BCUT2D eigenvalue weighted by molar-refractivity contribution is 6.35. The van der Waals surface area contributed by atoms with Gasteiger partial charge in [-0.05, 0) is 17.5 Å². The largest absolute Gasteiger partial charge is 0.263 e. The summed E-state index contributed by atoms with van der Waals surface area (Å²) >= 11 is 11.8. The average Bonchev–Trinajstić information content (AvgIpc) is 2.42. The minimum atomic E-state index is 0.155. The van der Waals surface area contributed by atoms with E-state index in [0.717, 1.165) is 16.7 Å². The van der Waals surface area contributed by atoms with Gasteiger partial charge in [0.1, 0.15) is 11.0 Å². The van der Waals surface area contributed by atoms with E-state index in [9.17, 15) is 0 Å². The molecule has 80 valence electrons. The third kappa shape index (κ3) is 1.68. The Hall–Kier alpha value is -0.870. The molecule has 0 amide bonds. The lowest BCUT2D eigenvalue weighted by Crippen LogP contribution is -1.93. The molecule has 0 N–H and O–H groups in total. The van der Waals surface area contributed by atoms with Crippen molar-refractivity contribution in [2.45, 2.75) is 19.8 Å². The molecule has 0 spiro atoms. The Labute approximate surface area is 97.2 Å². The maximum Gasteiger partial charge on any atom is 0.224 e. The lowest BCUT2D eigenvalue weighted by atomic mass is 10.1. The molecule has 0 aliphatic heterocycles. The number of rotatable bonds is 1. The Morgan fingerprint density at radius 1 is 1.20 bits per heavy atom. The highest BCUT2D eigenvalue weighted by atomic mass is 35.5. The summed E-state index contributed by atoms with van der Waals surface area (Å²) in [6, 6.07) is 0. The molecule has 0 atom stereocenters. The van der Waals surface area contributed by atoms with Crippen LogP contribution < -0.4 is 0 Å².